The van der Waals surface area contributed by atoms with Gasteiger partial charge in [-0.15, -0.1) is 12.4 Å². The highest BCUT2D eigenvalue weighted by atomic mass is 35.5. The SMILES string of the molecule is CCCCN1C(=O)[C@@H](CC2(O)CCCCC2)NC(=O)C12CCN(Cc1c(C)nn(-c3ccc(C(=O)N(C)C)cc3)c1C)CC2.Cl. The molecule has 1 aromatic carbocycles. The number of aliphatic hydroxyl groups is 1. The second-order valence-electron chi connectivity index (χ2n) is 13.5. The molecule has 248 valence electrons. The number of piperidine rings is 1. The van der Waals surface area contributed by atoms with E-state index in [1.54, 1.807) is 19.0 Å². The zero-order valence-electron chi connectivity index (χ0n) is 27.6. The molecule has 3 fully saturated rings. The predicted molar refractivity (Wildman–Crippen MR) is 177 cm³/mol. The number of hydrogen-bond donors (Lipinski definition) is 2. The maximum absolute atomic E-state index is 13.9. The van der Waals surface area contributed by atoms with Crippen molar-refractivity contribution >= 4 is 30.1 Å². The number of nitrogens with zero attached hydrogens (tertiary/aromatic N) is 5. The van der Waals surface area contributed by atoms with Gasteiger partial charge in [-0.25, -0.2) is 4.68 Å². The van der Waals surface area contributed by atoms with Crippen molar-refractivity contribution in [3.8, 4) is 5.69 Å². The first-order chi connectivity index (χ1) is 21.0. The predicted octanol–water partition coefficient (Wildman–Crippen LogP) is 4.16. The molecule has 3 aliphatic rings. The quantitative estimate of drug-likeness (QED) is 0.425. The number of unbranched alkanes of at least 4 members (excludes halogenated alkanes) is 1. The van der Waals surface area contributed by atoms with Gasteiger partial charge in [0.2, 0.25) is 11.8 Å². The van der Waals surface area contributed by atoms with Crippen molar-refractivity contribution in [3.05, 3.63) is 46.8 Å². The summed E-state index contributed by atoms with van der Waals surface area (Å²) in [5.41, 5.74) is 2.99. The zero-order valence-corrected chi connectivity index (χ0v) is 28.4. The Balaban J connectivity index is 0.00000461. The van der Waals surface area contributed by atoms with E-state index < -0.39 is 17.2 Å². The van der Waals surface area contributed by atoms with Gasteiger partial charge in [0, 0.05) is 63.5 Å². The summed E-state index contributed by atoms with van der Waals surface area (Å²) in [5, 5.41) is 19.1. The highest BCUT2D eigenvalue weighted by Gasteiger charge is 2.54. The van der Waals surface area contributed by atoms with Crippen molar-refractivity contribution in [2.45, 2.75) is 109 Å². The molecule has 5 rings (SSSR count). The Morgan fingerprint density at radius 1 is 1.04 bits per heavy atom. The molecule has 1 aliphatic carbocycles. The van der Waals surface area contributed by atoms with Crippen LogP contribution in [0.1, 0.15) is 98.4 Å². The van der Waals surface area contributed by atoms with Crippen LogP contribution in [0.3, 0.4) is 0 Å². The Kier molecular flexibility index (Phi) is 11.0. The van der Waals surface area contributed by atoms with E-state index in [2.05, 4.69) is 24.1 Å². The highest BCUT2D eigenvalue weighted by molar-refractivity contribution is 6.00. The van der Waals surface area contributed by atoms with E-state index in [-0.39, 0.29) is 30.1 Å². The van der Waals surface area contributed by atoms with Crippen LogP contribution in [0.5, 0.6) is 0 Å². The molecule has 45 heavy (non-hydrogen) atoms. The normalized spacial score (nSPS) is 21.4. The summed E-state index contributed by atoms with van der Waals surface area (Å²) < 4.78 is 1.93. The second kappa shape index (κ2) is 14.2. The molecule has 1 saturated carbocycles. The van der Waals surface area contributed by atoms with Crippen LogP contribution in [-0.4, -0.2) is 98.2 Å². The average Bonchev–Trinajstić information content (AvgIpc) is 3.29. The number of rotatable bonds is 9. The minimum absolute atomic E-state index is 0. The van der Waals surface area contributed by atoms with Gasteiger partial charge < -0.3 is 20.2 Å². The minimum atomic E-state index is -0.873. The molecule has 1 atom stereocenters. The van der Waals surface area contributed by atoms with Crippen molar-refractivity contribution in [1.82, 2.24) is 29.8 Å². The monoisotopic (exact) mass is 642 g/mol. The van der Waals surface area contributed by atoms with Gasteiger partial charge in [-0.1, -0.05) is 32.6 Å². The topological polar surface area (TPSA) is 111 Å². The first kappa shape index (κ1) is 34.9. The Labute approximate surface area is 273 Å². The summed E-state index contributed by atoms with van der Waals surface area (Å²) in [5.74, 6) is -0.127. The molecule has 11 heteroatoms. The van der Waals surface area contributed by atoms with E-state index in [4.69, 9.17) is 5.10 Å². The van der Waals surface area contributed by atoms with Crippen LogP contribution in [0.2, 0.25) is 0 Å². The van der Waals surface area contributed by atoms with Crippen LogP contribution in [0.25, 0.3) is 5.69 Å². The number of piperazine rings is 1. The fourth-order valence-corrected chi connectivity index (χ4v) is 7.41. The minimum Gasteiger partial charge on any atom is -0.390 e. The molecule has 2 saturated heterocycles. The average molecular weight is 643 g/mol. The number of nitrogens with one attached hydrogen (secondary N) is 1. The van der Waals surface area contributed by atoms with Crippen LogP contribution in [0.15, 0.2) is 24.3 Å². The number of aryl methyl sites for hydroxylation is 1. The van der Waals surface area contributed by atoms with E-state index in [1.807, 2.05) is 40.8 Å². The molecule has 1 aromatic heterocycles. The molecule has 2 N–H and O–H groups in total. The van der Waals surface area contributed by atoms with Gasteiger partial charge in [0.1, 0.15) is 11.6 Å². The standard InChI is InChI=1S/C34H50N6O4.ClH/c1-6-7-19-39-31(42)29(22-33(44)15-9-8-10-16-33)35-32(43)34(39)17-20-38(21-18-34)23-28-24(2)36-40(25(28)3)27-13-11-26(12-14-27)30(41)37(4)5;/h11-14,29,44H,6-10,15-23H2,1-5H3,(H,35,43);1H/t29-;/m1./s1. The van der Waals surface area contributed by atoms with Gasteiger partial charge in [-0.05, 0) is 70.2 Å². The molecule has 3 amide bonds. The summed E-state index contributed by atoms with van der Waals surface area (Å²) in [6, 6.07) is 6.86. The maximum Gasteiger partial charge on any atom is 0.253 e. The Morgan fingerprint density at radius 2 is 1.69 bits per heavy atom. The first-order valence-electron chi connectivity index (χ1n) is 16.4. The summed E-state index contributed by atoms with van der Waals surface area (Å²) in [6.07, 6.45) is 7.69. The molecule has 1 spiro atoms. The number of aromatic nitrogens is 2. The van der Waals surface area contributed by atoms with Crippen LogP contribution < -0.4 is 5.32 Å². The van der Waals surface area contributed by atoms with E-state index in [1.165, 1.54) is 0 Å². The Morgan fingerprint density at radius 3 is 2.29 bits per heavy atom. The van der Waals surface area contributed by atoms with Gasteiger partial charge in [0.15, 0.2) is 0 Å². The molecule has 2 aliphatic heterocycles. The fraction of sp³-hybridized carbons (Fsp3) is 0.647. The van der Waals surface area contributed by atoms with E-state index in [9.17, 15) is 19.5 Å². The Bertz CT molecular complexity index is 1360. The smallest absolute Gasteiger partial charge is 0.253 e. The van der Waals surface area contributed by atoms with Crippen LogP contribution >= 0.6 is 12.4 Å². The maximum atomic E-state index is 13.9. The van der Waals surface area contributed by atoms with Crippen LogP contribution in [0, 0.1) is 13.8 Å². The van der Waals surface area contributed by atoms with E-state index in [0.29, 0.717) is 63.8 Å². The number of carbonyl (C=O) groups excluding carboxylic acids is 3. The fourth-order valence-electron chi connectivity index (χ4n) is 7.41. The molecular weight excluding hydrogens is 592 g/mol. The van der Waals surface area contributed by atoms with Crippen LogP contribution in [-0.2, 0) is 16.1 Å². The summed E-state index contributed by atoms with van der Waals surface area (Å²) in [4.78, 5) is 45.9. The van der Waals surface area contributed by atoms with Crippen LogP contribution in [0.4, 0.5) is 0 Å². The number of amides is 3. The third-order valence-corrected chi connectivity index (χ3v) is 10.2. The van der Waals surface area contributed by atoms with Gasteiger partial charge in [-0.3, -0.25) is 19.3 Å². The number of benzene rings is 1. The lowest BCUT2D eigenvalue weighted by molar-refractivity contribution is -0.163. The molecule has 0 bridgehead atoms. The van der Waals surface area contributed by atoms with Gasteiger partial charge >= 0.3 is 0 Å². The van der Waals surface area contributed by atoms with Gasteiger partial charge in [0.05, 0.1) is 17.0 Å². The van der Waals surface area contributed by atoms with Crippen molar-refractivity contribution in [3.63, 3.8) is 0 Å². The lowest BCUT2D eigenvalue weighted by Gasteiger charge is -2.52. The van der Waals surface area contributed by atoms with Crippen molar-refractivity contribution in [2.24, 2.45) is 0 Å². The summed E-state index contributed by atoms with van der Waals surface area (Å²) in [6.45, 7) is 8.88. The third kappa shape index (κ3) is 7.08. The third-order valence-electron chi connectivity index (χ3n) is 10.2. The molecule has 2 aromatic rings. The number of halogens is 1. The lowest BCUT2D eigenvalue weighted by Crippen LogP contribution is -2.73. The summed E-state index contributed by atoms with van der Waals surface area (Å²) >= 11 is 0. The van der Waals surface area contributed by atoms with Gasteiger partial charge in [-0.2, -0.15) is 5.10 Å². The zero-order chi connectivity index (χ0) is 31.6. The molecule has 3 heterocycles. The second-order valence-corrected chi connectivity index (χ2v) is 13.5. The highest BCUT2D eigenvalue weighted by Crippen LogP contribution is 2.38. The van der Waals surface area contributed by atoms with Crippen molar-refractivity contribution in [2.75, 3.05) is 33.7 Å². The first-order valence-corrected chi connectivity index (χ1v) is 16.4. The van der Waals surface area contributed by atoms with Gasteiger partial charge in [0.25, 0.3) is 5.91 Å². The number of likely N-dealkylation sites (tertiary alicyclic amines) is 1. The van der Waals surface area contributed by atoms with Crippen molar-refractivity contribution < 1.29 is 19.5 Å². The van der Waals surface area contributed by atoms with E-state index in [0.717, 1.165) is 54.7 Å². The summed E-state index contributed by atoms with van der Waals surface area (Å²) in [7, 11) is 3.49. The molecule has 10 nitrogen and oxygen atoms in total. The molecule has 0 unspecified atom stereocenters. The molecule has 0 radical (unpaired) electrons. The number of hydrogen-bond acceptors (Lipinski definition) is 6. The Hall–Kier alpha value is -2.95. The molecular formula is C34H51ClN6O4. The lowest BCUT2D eigenvalue weighted by atomic mass is 9.77. The van der Waals surface area contributed by atoms with Crippen molar-refractivity contribution in [1.29, 1.82) is 0 Å². The van der Waals surface area contributed by atoms with E-state index >= 15 is 0 Å². The largest absolute Gasteiger partial charge is 0.390 e. The number of carbonyl (C=O) groups is 3.